The lowest BCUT2D eigenvalue weighted by molar-refractivity contribution is 0.0708. The lowest BCUT2D eigenvalue weighted by Gasteiger charge is -2.28. The maximum Gasteiger partial charge on any atom is 0.500 e. The summed E-state index contributed by atoms with van der Waals surface area (Å²) in [5.74, 6) is -3.78. The first-order chi connectivity index (χ1) is 10.5. The van der Waals surface area contributed by atoms with Gasteiger partial charge in [-0.1, -0.05) is 0 Å². The van der Waals surface area contributed by atoms with Crippen LogP contribution < -0.4 is 0 Å². The van der Waals surface area contributed by atoms with Crippen molar-refractivity contribution in [1.29, 1.82) is 0 Å². The molecule has 0 spiro atoms. The van der Waals surface area contributed by atoms with Gasteiger partial charge >= 0.3 is 8.80 Å². The third kappa shape index (κ3) is 5.39. The summed E-state index contributed by atoms with van der Waals surface area (Å²) in [6.45, 7) is 7.03. The molecule has 0 N–H and O–H groups in total. The van der Waals surface area contributed by atoms with Gasteiger partial charge in [-0.2, -0.15) is 0 Å². The molecule has 0 aliphatic heterocycles. The first-order valence-corrected chi connectivity index (χ1v) is 9.46. The highest BCUT2D eigenvalue weighted by atomic mass is 28.4. The Balaban J connectivity index is 2.69. The molecular formula is C15H23F3O3Si. The van der Waals surface area contributed by atoms with E-state index in [1.54, 1.807) is 0 Å². The molecule has 1 aromatic carbocycles. The third-order valence-electron chi connectivity index (χ3n) is 3.08. The van der Waals surface area contributed by atoms with Crippen LogP contribution in [0.2, 0.25) is 6.04 Å². The molecule has 3 nitrogen and oxygen atoms in total. The maximum atomic E-state index is 13.2. The quantitative estimate of drug-likeness (QED) is 0.476. The van der Waals surface area contributed by atoms with Crippen molar-refractivity contribution in [3.8, 4) is 0 Å². The van der Waals surface area contributed by atoms with Crippen molar-refractivity contribution in [2.24, 2.45) is 0 Å². The SMILES string of the molecule is CCO[Si](CCCc1cc(F)c(F)c(F)c1)(OCC)OCC. The predicted octanol–water partition coefficient (Wildman–Crippen LogP) is 4.08. The summed E-state index contributed by atoms with van der Waals surface area (Å²) in [5.41, 5.74) is 0.406. The van der Waals surface area contributed by atoms with Crippen LogP contribution in [0.15, 0.2) is 12.1 Å². The normalized spacial score (nSPS) is 11.9. The largest absolute Gasteiger partial charge is 0.500 e. The summed E-state index contributed by atoms with van der Waals surface area (Å²) in [5, 5.41) is 0. The van der Waals surface area contributed by atoms with Crippen LogP contribution in [0.4, 0.5) is 13.2 Å². The van der Waals surface area contributed by atoms with E-state index < -0.39 is 26.3 Å². The van der Waals surface area contributed by atoms with Gasteiger partial charge < -0.3 is 13.3 Å². The second-order valence-corrected chi connectivity index (χ2v) is 7.44. The number of rotatable bonds is 10. The van der Waals surface area contributed by atoms with E-state index in [0.29, 0.717) is 44.3 Å². The molecule has 22 heavy (non-hydrogen) atoms. The average molecular weight is 336 g/mol. The summed E-state index contributed by atoms with van der Waals surface area (Å²) in [7, 11) is -2.75. The molecule has 0 heterocycles. The monoisotopic (exact) mass is 336 g/mol. The van der Waals surface area contributed by atoms with Crippen LogP contribution in [0.5, 0.6) is 0 Å². The molecule has 0 aliphatic rings. The highest BCUT2D eigenvalue weighted by molar-refractivity contribution is 6.60. The van der Waals surface area contributed by atoms with E-state index in [1.807, 2.05) is 20.8 Å². The Labute approximate surface area is 130 Å². The van der Waals surface area contributed by atoms with E-state index in [1.165, 1.54) is 0 Å². The molecule has 0 aliphatic carbocycles. The first-order valence-electron chi connectivity index (χ1n) is 7.53. The van der Waals surface area contributed by atoms with E-state index in [4.69, 9.17) is 13.3 Å². The summed E-state index contributed by atoms with van der Waals surface area (Å²) < 4.78 is 56.4. The zero-order chi connectivity index (χ0) is 16.6. The van der Waals surface area contributed by atoms with Crippen molar-refractivity contribution in [3.63, 3.8) is 0 Å². The van der Waals surface area contributed by atoms with Gasteiger partial charge in [0, 0.05) is 25.9 Å². The van der Waals surface area contributed by atoms with Crippen LogP contribution >= 0.6 is 0 Å². The van der Waals surface area contributed by atoms with E-state index in [-0.39, 0.29) is 0 Å². The molecule has 0 saturated carbocycles. The summed E-state index contributed by atoms with van der Waals surface area (Å²) in [6, 6.07) is 2.58. The Morgan fingerprint density at radius 2 is 1.32 bits per heavy atom. The van der Waals surface area contributed by atoms with E-state index in [9.17, 15) is 13.2 Å². The van der Waals surface area contributed by atoms with Gasteiger partial charge in [-0.3, -0.25) is 0 Å². The Morgan fingerprint density at radius 3 is 1.73 bits per heavy atom. The molecule has 1 aromatic rings. The Bertz CT molecular complexity index is 431. The van der Waals surface area contributed by atoms with Crippen molar-refractivity contribution < 1.29 is 26.4 Å². The lowest BCUT2D eigenvalue weighted by atomic mass is 10.1. The fourth-order valence-corrected chi connectivity index (χ4v) is 4.87. The zero-order valence-corrected chi connectivity index (χ0v) is 14.3. The van der Waals surface area contributed by atoms with Gasteiger partial charge in [-0.15, -0.1) is 0 Å². The van der Waals surface area contributed by atoms with E-state index >= 15 is 0 Å². The van der Waals surface area contributed by atoms with E-state index in [0.717, 1.165) is 12.1 Å². The Morgan fingerprint density at radius 1 is 0.864 bits per heavy atom. The highest BCUT2D eigenvalue weighted by Gasteiger charge is 2.39. The molecule has 126 valence electrons. The molecule has 7 heteroatoms. The number of halogens is 3. The minimum absolute atomic E-state index is 0.399. The Hall–Kier alpha value is -0.893. The van der Waals surface area contributed by atoms with Crippen molar-refractivity contribution in [1.82, 2.24) is 0 Å². The molecular weight excluding hydrogens is 313 g/mol. The van der Waals surface area contributed by atoms with Gasteiger partial charge in [0.2, 0.25) is 0 Å². The van der Waals surface area contributed by atoms with Gasteiger partial charge in [0.15, 0.2) is 17.5 Å². The minimum atomic E-state index is -2.75. The van der Waals surface area contributed by atoms with Crippen molar-refractivity contribution in [2.45, 2.75) is 39.7 Å². The molecule has 0 amide bonds. The van der Waals surface area contributed by atoms with E-state index in [2.05, 4.69) is 0 Å². The standard InChI is InChI=1S/C15H23F3O3Si/c1-4-19-22(20-5-2,21-6-3)9-7-8-12-10-13(16)15(18)14(17)11-12/h10-11H,4-9H2,1-3H3. The number of hydrogen-bond acceptors (Lipinski definition) is 3. The van der Waals surface area contributed by atoms with Crippen molar-refractivity contribution in [2.75, 3.05) is 19.8 Å². The summed E-state index contributed by atoms with van der Waals surface area (Å²) in [6.07, 6.45) is 0.979. The fraction of sp³-hybridized carbons (Fsp3) is 0.600. The van der Waals surface area contributed by atoms with Crippen LogP contribution in [0.3, 0.4) is 0 Å². The molecule has 0 aromatic heterocycles. The van der Waals surface area contributed by atoms with Gasteiger partial charge in [0.25, 0.3) is 0 Å². The zero-order valence-electron chi connectivity index (χ0n) is 13.3. The van der Waals surface area contributed by atoms with Crippen LogP contribution in [-0.2, 0) is 19.7 Å². The summed E-state index contributed by atoms with van der Waals surface area (Å²) >= 11 is 0. The smallest absolute Gasteiger partial charge is 0.374 e. The van der Waals surface area contributed by atoms with Crippen molar-refractivity contribution in [3.05, 3.63) is 35.1 Å². The van der Waals surface area contributed by atoms with Gasteiger partial charge in [0.05, 0.1) is 0 Å². The maximum absolute atomic E-state index is 13.2. The van der Waals surface area contributed by atoms with Crippen LogP contribution in [0.1, 0.15) is 32.8 Å². The topological polar surface area (TPSA) is 27.7 Å². The molecule has 0 fully saturated rings. The molecule has 1 rings (SSSR count). The van der Waals surface area contributed by atoms with Crippen LogP contribution in [0, 0.1) is 17.5 Å². The highest BCUT2D eigenvalue weighted by Crippen LogP contribution is 2.21. The average Bonchev–Trinajstić information content (AvgIpc) is 2.45. The van der Waals surface area contributed by atoms with Crippen molar-refractivity contribution >= 4 is 8.80 Å². The molecule has 0 bridgehead atoms. The summed E-state index contributed by atoms with van der Waals surface area (Å²) in [4.78, 5) is 0. The minimum Gasteiger partial charge on any atom is -0.374 e. The third-order valence-corrected chi connectivity index (χ3v) is 6.24. The second-order valence-electron chi connectivity index (χ2n) is 4.71. The Kier molecular flexibility index (Phi) is 8.09. The molecule has 0 atom stereocenters. The number of hydrogen-bond donors (Lipinski definition) is 0. The lowest BCUT2D eigenvalue weighted by Crippen LogP contribution is -2.46. The molecule has 0 unspecified atom stereocenters. The fourth-order valence-electron chi connectivity index (χ4n) is 2.26. The number of benzene rings is 1. The molecule has 0 radical (unpaired) electrons. The van der Waals surface area contributed by atoms with Gasteiger partial charge in [0.1, 0.15) is 0 Å². The van der Waals surface area contributed by atoms with Gasteiger partial charge in [-0.05, 0) is 51.3 Å². The predicted molar refractivity (Wildman–Crippen MR) is 80.1 cm³/mol. The first kappa shape index (κ1) is 19.2. The number of aryl methyl sites for hydroxylation is 1. The second kappa shape index (κ2) is 9.29. The van der Waals surface area contributed by atoms with Gasteiger partial charge in [-0.25, -0.2) is 13.2 Å². The van der Waals surface area contributed by atoms with Crippen LogP contribution in [-0.4, -0.2) is 28.6 Å². The molecule has 0 saturated heterocycles. The van der Waals surface area contributed by atoms with Crippen LogP contribution in [0.25, 0.3) is 0 Å².